The summed E-state index contributed by atoms with van der Waals surface area (Å²) < 4.78 is 29.8. The molecule has 1 atom stereocenters. The van der Waals surface area contributed by atoms with E-state index in [-0.39, 0.29) is 5.56 Å². The van der Waals surface area contributed by atoms with Gasteiger partial charge >= 0.3 is 5.97 Å². The van der Waals surface area contributed by atoms with Crippen LogP contribution in [-0.2, 0) is 14.9 Å². The fraction of sp³-hybridized carbons (Fsp3) is 0.200. The molecule has 0 amide bonds. The minimum Gasteiger partial charge on any atom is -0.481 e. The average molecular weight is 258 g/mol. The van der Waals surface area contributed by atoms with Crippen molar-refractivity contribution in [2.45, 2.75) is 0 Å². The fourth-order valence-corrected chi connectivity index (χ4v) is 1.99. The van der Waals surface area contributed by atoms with Crippen LogP contribution in [0.4, 0.5) is 0 Å². The second-order valence-corrected chi connectivity index (χ2v) is 4.87. The van der Waals surface area contributed by atoms with E-state index in [4.69, 9.17) is 9.66 Å². The van der Waals surface area contributed by atoms with Crippen molar-refractivity contribution in [2.24, 2.45) is 5.92 Å². The van der Waals surface area contributed by atoms with Crippen LogP contribution in [0.3, 0.4) is 0 Å². The minimum atomic E-state index is -4.52. The normalized spacial score (nSPS) is 13.0. The van der Waals surface area contributed by atoms with E-state index in [1.807, 2.05) is 0 Å². The van der Waals surface area contributed by atoms with Crippen LogP contribution in [0.1, 0.15) is 10.4 Å². The number of carboxylic acid groups (broad SMARTS) is 1. The maximum Gasteiger partial charge on any atom is 0.315 e. The summed E-state index contributed by atoms with van der Waals surface area (Å²) in [5.41, 5.74) is 0.0866. The van der Waals surface area contributed by atoms with E-state index in [0.29, 0.717) is 0 Å². The summed E-state index contributed by atoms with van der Waals surface area (Å²) in [6.45, 7) is 0. The van der Waals surface area contributed by atoms with Gasteiger partial charge in [-0.15, -0.1) is 0 Å². The van der Waals surface area contributed by atoms with Gasteiger partial charge in [0.25, 0.3) is 10.1 Å². The number of carboxylic acids is 1. The lowest BCUT2D eigenvalue weighted by Crippen LogP contribution is -2.30. The molecule has 2 N–H and O–H groups in total. The van der Waals surface area contributed by atoms with E-state index in [0.717, 1.165) is 0 Å². The predicted octanol–water partition coefficient (Wildman–Crippen LogP) is 0.458. The third-order valence-electron chi connectivity index (χ3n) is 2.05. The number of hydrogen-bond acceptors (Lipinski definition) is 4. The molecular formula is C10H10O6S. The molecule has 0 aliphatic rings. The summed E-state index contributed by atoms with van der Waals surface area (Å²) in [5, 5.41) is 8.77. The Balaban J connectivity index is 3.01. The Kier molecular flexibility index (Phi) is 3.97. The maximum atomic E-state index is 11.7. The Morgan fingerprint density at radius 2 is 1.71 bits per heavy atom. The molecule has 0 heterocycles. The number of rotatable bonds is 5. The zero-order valence-corrected chi connectivity index (χ0v) is 9.42. The van der Waals surface area contributed by atoms with Gasteiger partial charge in [-0.3, -0.25) is 14.1 Å². The summed E-state index contributed by atoms with van der Waals surface area (Å²) in [6, 6.07) is 7.44. The number of carbonyl (C=O) groups is 2. The van der Waals surface area contributed by atoms with Crippen molar-refractivity contribution in [2.75, 3.05) is 5.75 Å². The molecule has 7 heteroatoms. The zero-order valence-electron chi connectivity index (χ0n) is 8.61. The molecule has 92 valence electrons. The van der Waals surface area contributed by atoms with Crippen molar-refractivity contribution in [1.29, 1.82) is 0 Å². The number of carbonyl (C=O) groups excluding carboxylic acids is 1. The van der Waals surface area contributed by atoms with Gasteiger partial charge in [0.2, 0.25) is 0 Å². The summed E-state index contributed by atoms with van der Waals surface area (Å²) in [5.74, 6) is -5.37. The van der Waals surface area contributed by atoms with Crippen molar-refractivity contribution >= 4 is 21.9 Å². The topological polar surface area (TPSA) is 109 Å². The highest BCUT2D eigenvalue weighted by molar-refractivity contribution is 7.85. The fourth-order valence-electron chi connectivity index (χ4n) is 1.27. The van der Waals surface area contributed by atoms with Gasteiger partial charge in [-0.2, -0.15) is 8.42 Å². The number of ketones is 1. The molecule has 0 saturated carbocycles. The molecule has 0 fully saturated rings. The van der Waals surface area contributed by atoms with Gasteiger partial charge in [0, 0.05) is 5.56 Å². The molecule has 0 saturated heterocycles. The summed E-state index contributed by atoms with van der Waals surface area (Å²) in [4.78, 5) is 22.5. The quantitative estimate of drug-likeness (QED) is 0.451. The first-order chi connectivity index (χ1) is 7.81. The molecule has 0 bridgehead atoms. The lowest BCUT2D eigenvalue weighted by molar-refractivity contribution is -0.139. The van der Waals surface area contributed by atoms with Gasteiger partial charge in [-0.05, 0) is 0 Å². The van der Waals surface area contributed by atoms with Crippen LogP contribution in [0.15, 0.2) is 30.3 Å². The molecular weight excluding hydrogens is 248 g/mol. The smallest absolute Gasteiger partial charge is 0.315 e. The van der Waals surface area contributed by atoms with Gasteiger partial charge in [0.15, 0.2) is 5.78 Å². The van der Waals surface area contributed by atoms with E-state index in [2.05, 4.69) is 0 Å². The minimum absolute atomic E-state index is 0.0866. The largest absolute Gasteiger partial charge is 0.481 e. The van der Waals surface area contributed by atoms with Gasteiger partial charge in [-0.25, -0.2) is 0 Å². The Morgan fingerprint density at radius 3 is 2.12 bits per heavy atom. The molecule has 6 nitrogen and oxygen atoms in total. The molecule has 0 aliphatic heterocycles. The number of benzene rings is 1. The van der Waals surface area contributed by atoms with Crippen LogP contribution in [-0.4, -0.2) is 35.6 Å². The van der Waals surface area contributed by atoms with Crippen molar-refractivity contribution in [3.63, 3.8) is 0 Å². The van der Waals surface area contributed by atoms with Crippen LogP contribution >= 0.6 is 0 Å². The summed E-state index contributed by atoms with van der Waals surface area (Å²) in [7, 11) is -4.52. The van der Waals surface area contributed by atoms with Crippen molar-refractivity contribution < 1.29 is 27.7 Å². The number of hydrogen-bond donors (Lipinski definition) is 2. The standard InChI is InChI=1S/C10H10O6S/c11-9(7-4-2-1-3-5-7)8(10(12)13)6-17(14,15)16/h1-5,8H,6H2,(H,12,13)(H,14,15,16). The SMILES string of the molecule is O=C(O)C(CS(=O)(=O)O)C(=O)c1ccccc1. The first-order valence-corrected chi connectivity index (χ1v) is 6.19. The van der Waals surface area contributed by atoms with Crippen LogP contribution < -0.4 is 0 Å². The molecule has 1 aromatic carbocycles. The first-order valence-electron chi connectivity index (χ1n) is 4.58. The first kappa shape index (κ1) is 13.3. The predicted molar refractivity (Wildman–Crippen MR) is 58.3 cm³/mol. The Morgan fingerprint density at radius 1 is 1.18 bits per heavy atom. The second-order valence-electron chi connectivity index (χ2n) is 3.37. The van der Waals surface area contributed by atoms with E-state index in [9.17, 15) is 18.0 Å². The van der Waals surface area contributed by atoms with Crippen LogP contribution in [0.2, 0.25) is 0 Å². The van der Waals surface area contributed by atoms with Gasteiger partial charge in [0.05, 0.1) is 5.75 Å². The third kappa shape index (κ3) is 3.97. The zero-order chi connectivity index (χ0) is 13.1. The summed E-state index contributed by atoms with van der Waals surface area (Å²) >= 11 is 0. The van der Waals surface area contributed by atoms with Crippen LogP contribution in [0, 0.1) is 5.92 Å². The van der Waals surface area contributed by atoms with Gasteiger partial charge in [-0.1, -0.05) is 30.3 Å². The van der Waals surface area contributed by atoms with Crippen LogP contribution in [0.5, 0.6) is 0 Å². The molecule has 0 aromatic heterocycles. The molecule has 0 radical (unpaired) electrons. The highest BCUT2D eigenvalue weighted by atomic mass is 32.2. The molecule has 1 unspecified atom stereocenters. The Hall–Kier alpha value is -1.73. The maximum absolute atomic E-state index is 11.7. The van der Waals surface area contributed by atoms with Crippen molar-refractivity contribution in [3.8, 4) is 0 Å². The van der Waals surface area contributed by atoms with E-state index in [1.54, 1.807) is 6.07 Å². The Labute approximate surface area is 97.6 Å². The van der Waals surface area contributed by atoms with Crippen molar-refractivity contribution in [1.82, 2.24) is 0 Å². The van der Waals surface area contributed by atoms with Crippen molar-refractivity contribution in [3.05, 3.63) is 35.9 Å². The van der Waals surface area contributed by atoms with E-state index < -0.39 is 33.5 Å². The molecule has 1 aromatic rings. The lowest BCUT2D eigenvalue weighted by Gasteiger charge is -2.09. The summed E-state index contributed by atoms with van der Waals surface area (Å²) in [6.07, 6.45) is 0. The lowest BCUT2D eigenvalue weighted by atomic mass is 10.00. The molecule has 0 spiro atoms. The molecule has 1 rings (SSSR count). The Bertz CT molecular complexity index is 519. The van der Waals surface area contributed by atoms with E-state index in [1.165, 1.54) is 24.3 Å². The number of Topliss-reactive ketones (excluding diaryl/α,β-unsaturated/α-hetero) is 1. The van der Waals surface area contributed by atoms with E-state index >= 15 is 0 Å². The highest BCUT2D eigenvalue weighted by Crippen LogP contribution is 2.11. The third-order valence-corrected chi connectivity index (χ3v) is 2.80. The number of aliphatic carboxylic acids is 1. The van der Waals surface area contributed by atoms with Gasteiger partial charge in [0.1, 0.15) is 5.92 Å². The monoisotopic (exact) mass is 258 g/mol. The van der Waals surface area contributed by atoms with Gasteiger partial charge < -0.3 is 5.11 Å². The molecule has 0 aliphatic carbocycles. The van der Waals surface area contributed by atoms with Crippen LogP contribution in [0.25, 0.3) is 0 Å². The second kappa shape index (κ2) is 5.07. The average Bonchev–Trinajstić information content (AvgIpc) is 2.25. The highest BCUT2D eigenvalue weighted by Gasteiger charge is 2.31. The molecule has 17 heavy (non-hydrogen) atoms.